The lowest BCUT2D eigenvalue weighted by Crippen LogP contribution is -2.52. The molecule has 144 valence electrons. The van der Waals surface area contributed by atoms with Crippen LogP contribution in [-0.2, 0) is 18.3 Å². The molecule has 0 radical (unpaired) electrons. The van der Waals surface area contributed by atoms with Gasteiger partial charge in [0.15, 0.2) is 5.96 Å². The number of hydrogen-bond acceptors (Lipinski definition) is 5. The van der Waals surface area contributed by atoms with Crippen molar-refractivity contribution < 1.29 is 4.74 Å². The third kappa shape index (κ3) is 7.06. The van der Waals surface area contributed by atoms with Crippen molar-refractivity contribution in [2.45, 2.75) is 33.4 Å². The number of ether oxygens (including phenoxy) is 1. The van der Waals surface area contributed by atoms with Crippen LogP contribution in [0.25, 0.3) is 0 Å². The molecule has 1 fully saturated rings. The van der Waals surface area contributed by atoms with E-state index in [4.69, 9.17) is 4.74 Å². The van der Waals surface area contributed by atoms with Crippen LogP contribution >= 0.6 is 24.0 Å². The first-order valence-corrected chi connectivity index (χ1v) is 8.78. The van der Waals surface area contributed by atoms with E-state index in [1.807, 2.05) is 7.05 Å². The van der Waals surface area contributed by atoms with Crippen LogP contribution in [0.15, 0.2) is 11.3 Å². The lowest BCUT2D eigenvalue weighted by molar-refractivity contribution is 0.00752. The van der Waals surface area contributed by atoms with E-state index in [0.717, 1.165) is 51.2 Å². The average Bonchev–Trinajstić information content (AvgIpc) is 2.98. The largest absolute Gasteiger partial charge is 0.379 e. The minimum absolute atomic E-state index is 0. The Bertz CT molecular complexity index is 514. The van der Waals surface area contributed by atoms with Gasteiger partial charge in [-0.2, -0.15) is 5.10 Å². The topological polar surface area (TPSA) is 79.6 Å². The first-order valence-electron chi connectivity index (χ1n) is 8.78. The number of nitrogens with one attached hydrogen (secondary N) is 2. The second-order valence-electron chi connectivity index (χ2n) is 6.34. The third-order valence-corrected chi connectivity index (χ3v) is 4.29. The summed E-state index contributed by atoms with van der Waals surface area (Å²) in [6.45, 7) is 12.5. The highest BCUT2D eigenvalue weighted by atomic mass is 127. The molecule has 2 heterocycles. The van der Waals surface area contributed by atoms with Crippen molar-refractivity contribution in [2.24, 2.45) is 18.0 Å². The molecule has 1 unspecified atom stereocenters. The summed E-state index contributed by atoms with van der Waals surface area (Å²) in [4.78, 5) is 11.3. The molecule has 1 aromatic heterocycles. The number of rotatable bonds is 7. The Morgan fingerprint density at radius 2 is 2.04 bits per heavy atom. The van der Waals surface area contributed by atoms with E-state index in [1.54, 1.807) is 11.0 Å². The van der Waals surface area contributed by atoms with E-state index in [0.29, 0.717) is 18.5 Å². The summed E-state index contributed by atoms with van der Waals surface area (Å²) in [6.07, 6.45) is 1.55. The molecular weight excluding hydrogens is 433 g/mol. The van der Waals surface area contributed by atoms with E-state index < -0.39 is 0 Å². The van der Waals surface area contributed by atoms with Crippen LogP contribution in [0, 0.1) is 5.92 Å². The molecule has 1 aliphatic heterocycles. The molecule has 1 aromatic rings. The molecule has 0 spiro atoms. The van der Waals surface area contributed by atoms with Crippen LogP contribution in [0.4, 0.5) is 0 Å². The highest BCUT2D eigenvalue weighted by molar-refractivity contribution is 14.0. The Labute approximate surface area is 167 Å². The standard InChI is InChI=1S/C16H31N7O.HI/c1-5-17-16(19-11-15-20-12-21-22(15)4)18-10-14(13(2)3)23-6-8-24-9-7-23;/h12-14H,5-11H2,1-4H3,(H2,17,18,19);1H. The number of hydrogen-bond donors (Lipinski definition) is 2. The Morgan fingerprint density at radius 3 is 2.60 bits per heavy atom. The fourth-order valence-electron chi connectivity index (χ4n) is 2.85. The van der Waals surface area contributed by atoms with Gasteiger partial charge in [0, 0.05) is 39.3 Å². The van der Waals surface area contributed by atoms with Gasteiger partial charge >= 0.3 is 0 Å². The Hall–Kier alpha value is -0.940. The highest BCUT2D eigenvalue weighted by Crippen LogP contribution is 2.12. The van der Waals surface area contributed by atoms with Crippen LogP contribution in [-0.4, -0.2) is 71.1 Å². The summed E-state index contributed by atoms with van der Waals surface area (Å²) in [5.41, 5.74) is 0. The smallest absolute Gasteiger partial charge is 0.191 e. The number of aryl methyl sites for hydroxylation is 1. The molecule has 1 aliphatic rings. The summed E-state index contributed by atoms with van der Waals surface area (Å²) in [5.74, 6) is 2.23. The van der Waals surface area contributed by atoms with E-state index in [-0.39, 0.29) is 24.0 Å². The van der Waals surface area contributed by atoms with Crippen molar-refractivity contribution in [2.75, 3.05) is 39.4 Å². The monoisotopic (exact) mass is 465 g/mol. The summed E-state index contributed by atoms with van der Waals surface area (Å²) >= 11 is 0. The molecule has 1 atom stereocenters. The molecule has 0 bridgehead atoms. The van der Waals surface area contributed by atoms with Crippen molar-refractivity contribution in [3.05, 3.63) is 12.2 Å². The Kier molecular flexibility index (Phi) is 10.3. The highest BCUT2D eigenvalue weighted by Gasteiger charge is 2.23. The zero-order valence-electron chi connectivity index (χ0n) is 15.7. The molecule has 9 heteroatoms. The lowest BCUT2D eigenvalue weighted by Gasteiger charge is -2.37. The maximum atomic E-state index is 5.47. The van der Waals surface area contributed by atoms with Gasteiger partial charge in [0.1, 0.15) is 18.7 Å². The molecule has 0 saturated carbocycles. The van der Waals surface area contributed by atoms with Gasteiger partial charge < -0.3 is 15.4 Å². The molecule has 0 aliphatic carbocycles. The fourth-order valence-corrected chi connectivity index (χ4v) is 2.85. The predicted molar refractivity (Wildman–Crippen MR) is 110 cm³/mol. The second-order valence-corrected chi connectivity index (χ2v) is 6.34. The van der Waals surface area contributed by atoms with E-state index >= 15 is 0 Å². The first kappa shape index (κ1) is 22.1. The van der Waals surface area contributed by atoms with Crippen molar-refractivity contribution in [1.82, 2.24) is 30.3 Å². The second kappa shape index (κ2) is 11.6. The number of morpholine rings is 1. The van der Waals surface area contributed by atoms with Gasteiger partial charge in [-0.15, -0.1) is 24.0 Å². The molecule has 0 aromatic carbocycles. The predicted octanol–water partition coefficient (Wildman–Crippen LogP) is 0.845. The molecule has 1 saturated heterocycles. The number of aliphatic imine (C=N–C) groups is 1. The number of guanidine groups is 1. The minimum Gasteiger partial charge on any atom is -0.379 e. The normalized spacial score (nSPS) is 17.2. The van der Waals surface area contributed by atoms with Gasteiger partial charge in [-0.3, -0.25) is 9.58 Å². The van der Waals surface area contributed by atoms with Gasteiger partial charge in [-0.25, -0.2) is 9.98 Å². The maximum Gasteiger partial charge on any atom is 0.191 e. The summed E-state index contributed by atoms with van der Waals surface area (Å²) < 4.78 is 7.22. The fraction of sp³-hybridized carbons (Fsp3) is 0.812. The maximum absolute atomic E-state index is 5.47. The van der Waals surface area contributed by atoms with Crippen molar-refractivity contribution in [1.29, 1.82) is 0 Å². The molecule has 2 rings (SSSR count). The average molecular weight is 465 g/mol. The number of nitrogens with zero attached hydrogens (tertiary/aromatic N) is 5. The summed E-state index contributed by atoms with van der Waals surface area (Å²) in [7, 11) is 1.88. The van der Waals surface area contributed by atoms with Crippen LogP contribution in [0.5, 0.6) is 0 Å². The van der Waals surface area contributed by atoms with E-state index in [1.165, 1.54) is 0 Å². The summed E-state index contributed by atoms with van der Waals surface area (Å²) in [6, 6.07) is 0.465. The third-order valence-electron chi connectivity index (χ3n) is 4.29. The van der Waals surface area contributed by atoms with E-state index in [9.17, 15) is 0 Å². The zero-order chi connectivity index (χ0) is 17.4. The van der Waals surface area contributed by atoms with Gasteiger partial charge in [-0.1, -0.05) is 13.8 Å². The molecule has 0 amide bonds. The van der Waals surface area contributed by atoms with Crippen molar-refractivity contribution in [3.63, 3.8) is 0 Å². The summed E-state index contributed by atoms with van der Waals surface area (Å²) in [5, 5.41) is 10.9. The van der Waals surface area contributed by atoms with Crippen LogP contribution < -0.4 is 10.6 Å². The number of aromatic nitrogens is 3. The number of halogens is 1. The van der Waals surface area contributed by atoms with Crippen LogP contribution in [0.3, 0.4) is 0 Å². The Morgan fingerprint density at radius 1 is 1.32 bits per heavy atom. The molecule has 2 N–H and O–H groups in total. The van der Waals surface area contributed by atoms with Gasteiger partial charge in [0.25, 0.3) is 0 Å². The molecular formula is C16H32IN7O. The van der Waals surface area contributed by atoms with Crippen LogP contribution in [0.1, 0.15) is 26.6 Å². The van der Waals surface area contributed by atoms with Crippen LogP contribution in [0.2, 0.25) is 0 Å². The van der Waals surface area contributed by atoms with E-state index in [2.05, 4.69) is 51.4 Å². The van der Waals surface area contributed by atoms with Gasteiger partial charge in [0.05, 0.1) is 13.2 Å². The van der Waals surface area contributed by atoms with Gasteiger partial charge in [-0.05, 0) is 12.8 Å². The lowest BCUT2D eigenvalue weighted by atomic mass is 10.0. The Balaban J connectivity index is 0.00000312. The zero-order valence-corrected chi connectivity index (χ0v) is 18.1. The van der Waals surface area contributed by atoms with Gasteiger partial charge in [0.2, 0.25) is 0 Å². The molecule has 25 heavy (non-hydrogen) atoms. The SMILES string of the molecule is CCNC(=NCc1ncnn1C)NCC(C(C)C)N1CCOCC1.I. The molecule has 8 nitrogen and oxygen atoms in total. The van der Waals surface area contributed by atoms with Crippen molar-refractivity contribution >= 4 is 29.9 Å². The first-order chi connectivity index (χ1) is 11.6. The minimum atomic E-state index is 0. The quantitative estimate of drug-likeness (QED) is 0.353. The van der Waals surface area contributed by atoms with Crippen molar-refractivity contribution in [3.8, 4) is 0 Å².